The van der Waals surface area contributed by atoms with Gasteiger partial charge in [-0.15, -0.1) is 0 Å². The summed E-state index contributed by atoms with van der Waals surface area (Å²) in [6.07, 6.45) is 4.67. The van der Waals surface area contributed by atoms with Crippen LogP contribution < -0.4 is 20.1 Å². The van der Waals surface area contributed by atoms with Crippen LogP contribution in [0.1, 0.15) is 32.6 Å². The molecule has 1 saturated carbocycles. The molecule has 0 bridgehead atoms. The molecule has 0 spiro atoms. The Bertz CT molecular complexity index is 565. The summed E-state index contributed by atoms with van der Waals surface area (Å²) >= 11 is 3.46. The van der Waals surface area contributed by atoms with Crippen LogP contribution in [0.3, 0.4) is 0 Å². The van der Waals surface area contributed by atoms with Gasteiger partial charge in [-0.05, 0) is 34.7 Å². The molecule has 1 fully saturated rings. The van der Waals surface area contributed by atoms with E-state index in [-0.39, 0.29) is 12.1 Å². The summed E-state index contributed by atoms with van der Waals surface area (Å²) in [5, 5.41) is 5.98. The van der Waals surface area contributed by atoms with E-state index in [1.807, 2.05) is 6.07 Å². The Morgan fingerprint density at radius 3 is 2.59 bits per heavy atom. The monoisotopic (exact) mass is 368 g/mol. The van der Waals surface area contributed by atoms with Gasteiger partial charge in [-0.25, -0.2) is 4.79 Å². The molecule has 1 aromatic rings. The van der Waals surface area contributed by atoms with Crippen molar-refractivity contribution in [1.82, 2.24) is 5.32 Å². The van der Waals surface area contributed by atoms with Crippen LogP contribution in [-0.4, -0.2) is 25.3 Å². The third-order valence-corrected chi connectivity index (χ3v) is 4.96. The van der Waals surface area contributed by atoms with Crippen molar-refractivity contribution in [3.05, 3.63) is 16.6 Å². The molecule has 5 nitrogen and oxygen atoms in total. The van der Waals surface area contributed by atoms with Gasteiger partial charge in [0.25, 0.3) is 0 Å². The molecule has 0 radical (unpaired) electrons. The molecule has 1 aliphatic carbocycles. The van der Waals surface area contributed by atoms with E-state index in [0.717, 1.165) is 10.9 Å². The Labute approximate surface area is 138 Å². The highest BCUT2D eigenvalue weighted by atomic mass is 79.9. The van der Waals surface area contributed by atoms with Crippen molar-refractivity contribution in [2.75, 3.05) is 18.5 Å². The summed E-state index contributed by atoms with van der Waals surface area (Å²) in [7, 11) is 0. The van der Waals surface area contributed by atoms with E-state index in [1.54, 1.807) is 6.07 Å². The number of ether oxygens (including phenoxy) is 2. The van der Waals surface area contributed by atoms with Crippen molar-refractivity contribution in [2.45, 2.75) is 38.6 Å². The Hall–Kier alpha value is -1.43. The average molecular weight is 369 g/mol. The van der Waals surface area contributed by atoms with Crippen LogP contribution in [0, 0.1) is 5.92 Å². The Morgan fingerprint density at radius 2 is 1.86 bits per heavy atom. The third-order valence-electron chi connectivity index (χ3n) is 4.31. The van der Waals surface area contributed by atoms with Gasteiger partial charge in [0, 0.05) is 22.6 Å². The minimum Gasteiger partial charge on any atom is -0.486 e. The van der Waals surface area contributed by atoms with Gasteiger partial charge in [0.15, 0.2) is 11.5 Å². The van der Waals surface area contributed by atoms with E-state index >= 15 is 0 Å². The second-order valence-electron chi connectivity index (χ2n) is 5.94. The number of benzene rings is 1. The van der Waals surface area contributed by atoms with Crippen LogP contribution >= 0.6 is 15.9 Å². The van der Waals surface area contributed by atoms with E-state index in [9.17, 15) is 4.79 Å². The van der Waals surface area contributed by atoms with Gasteiger partial charge in [-0.1, -0.05) is 19.8 Å². The maximum absolute atomic E-state index is 12.2. The highest BCUT2D eigenvalue weighted by Gasteiger charge is 2.23. The van der Waals surface area contributed by atoms with Gasteiger partial charge >= 0.3 is 6.03 Å². The molecule has 120 valence electrons. The van der Waals surface area contributed by atoms with Crippen LogP contribution in [0.5, 0.6) is 11.5 Å². The summed E-state index contributed by atoms with van der Waals surface area (Å²) in [5.41, 5.74) is 0.685. The minimum absolute atomic E-state index is 0.170. The maximum Gasteiger partial charge on any atom is 0.319 e. The fourth-order valence-corrected chi connectivity index (χ4v) is 3.44. The highest BCUT2D eigenvalue weighted by Crippen LogP contribution is 2.38. The zero-order valence-electron chi connectivity index (χ0n) is 12.7. The van der Waals surface area contributed by atoms with Gasteiger partial charge in [-0.3, -0.25) is 0 Å². The molecule has 1 aliphatic heterocycles. The lowest BCUT2D eigenvalue weighted by atomic mass is 9.86. The minimum atomic E-state index is -0.170. The number of carbonyl (C=O) groups is 1. The first-order valence-electron chi connectivity index (χ1n) is 7.80. The maximum atomic E-state index is 12.2. The van der Waals surface area contributed by atoms with E-state index in [1.165, 1.54) is 19.3 Å². The number of urea groups is 1. The van der Waals surface area contributed by atoms with Gasteiger partial charge < -0.3 is 20.1 Å². The molecule has 1 heterocycles. The number of hydrogen-bond acceptors (Lipinski definition) is 3. The molecule has 0 aromatic heterocycles. The number of nitrogens with one attached hydrogen (secondary N) is 2. The first-order chi connectivity index (χ1) is 10.6. The second kappa shape index (κ2) is 6.77. The van der Waals surface area contributed by atoms with E-state index in [2.05, 4.69) is 33.5 Å². The molecule has 1 aromatic carbocycles. The van der Waals surface area contributed by atoms with Crippen LogP contribution in [0.4, 0.5) is 10.5 Å². The fraction of sp³-hybridized carbons (Fsp3) is 0.562. The van der Waals surface area contributed by atoms with Crippen LogP contribution in [-0.2, 0) is 0 Å². The number of hydrogen-bond donors (Lipinski definition) is 2. The number of halogens is 1. The smallest absolute Gasteiger partial charge is 0.319 e. The van der Waals surface area contributed by atoms with Crippen LogP contribution in [0.25, 0.3) is 0 Å². The fourth-order valence-electron chi connectivity index (χ4n) is 3.02. The second-order valence-corrected chi connectivity index (χ2v) is 6.80. The number of amides is 2. The zero-order valence-corrected chi connectivity index (χ0v) is 14.2. The zero-order chi connectivity index (χ0) is 15.5. The highest BCUT2D eigenvalue weighted by molar-refractivity contribution is 9.10. The SMILES string of the molecule is CC1CCCCC1NC(=O)Nc1cc2c(cc1Br)OCCO2. The Morgan fingerprint density at radius 1 is 1.18 bits per heavy atom. The molecule has 0 saturated heterocycles. The van der Waals surface area contributed by atoms with E-state index in [0.29, 0.717) is 36.3 Å². The molecule has 22 heavy (non-hydrogen) atoms. The largest absolute Gasteiger partial charge is 0.486 e. The average Bonchev–Trinajstić information content (AvgIpc) is 2.50. The van der Waals surface area contributed by atoms with Gasteiger partial charge in [0.1, 0.15) is 13.2 Å². The predicted octanol–water partition coefficient (Wildman–Crippen LogP) is 3.92. The number of fused-ring (bicyclic) bond motifs is 1. The lowest BCUT2D eigenvalue weighted by Crippen LogP contribution is -2.43. The Kier molecular flexibility index (Phi) is 4.76. The quantitative estimate of drug-likeness (QED) is 0.831. The number of anilines is 1. The topological polar surface area (TPSA) is 59.6 Å². The molecule has 2 unspecified atom stereocenters. The molecular formula is C16H21BrN2O3. The number of rotatable bonds is 2. The molecular weight excluding hydrogens is 348 g/mol. The van der Waals surface area contributed by atoms with E-state index in [4.69, 9.17) is 9.47 Å². The first kappa shape index (κ1) is 15.5. The molecule has 6 heteroatoms. The molecule has 2 atom stereocenters. The van der Waals surface area contributed by atoms with Crippen LogP contribution in [0.2, 0.25) is 0 Å². The van der Waals surface area contributed by atoms with Crippen molar-refractivity contribution in [1.29, 1.82) is 0 Å². The first-order valence-corrected chi connectivity index (χ1v) is 8.59. The summed E-state index contributed by atoms with van der Waals surface area (Å²) in [6, 6.07) is 3.70. The summed E-state index contributed by atoms with van der Waals surface area (Å²) in [6.45, 7) is 3.27. The number of carbonyl (C=O) groups excluding carboxylic acids is 1. The molecule has 2 N–H and O–H groups in total. The molecule has 2 amide bonds. The van der Waals surface area contributed by atoms with Crippen molar-refractivity contribution in [3.8, 4) is 11.5 Å². The van der Waals surface area contributed by atoms with E-state index < -0.39 is 0 Å². The summed E-state index contributed by atoms with van der Waals surface area (Å²) < 4.78 is 11.8. The van der Waals surface area contributed by atoms with Gasteiger partial charge in [0.05, 0.1) is 5.69 Å². The lowest BCUT2D eigenvalue weighted by Gasteiger charge is -2.29. The van der Waals surface area contributed by atoms with Crippen molar-refractivity contribution < 1.29 is 14.3 Å². The van der Waals surface area contributed by atoms with Gasteiger partial charge in [-0.2, -0.15) is 0 Å². The lowest BCUT2D eigenvalue weighted by molar-refractivity contribution is 0.171. The standard InChI is InChI=1S/C16H21BrN2O3/c1-10-4-2-3-5-12(10)18-16(20)19-13-9-15-14(8-11(13)17)21-6-7-22-15/h8-10,12H,2-7H2,1H3,(H2,18,19,20). The van der Waals surface area contributed by atoms with Crippen molar-refractivity contribution >= 4 is 27.6 Å². The summed E-state index contributed by atoms with van der Waals surface area (Å²) in [5.74, 6) is 1.89. The Balaban J connectivity index is 1.66. The summed E-state index contributed by atoms with van der Waals surface area (Å²) in [4.78, 5) is 12.2. The predicted molar refractivity (Wildman–Crippen MR) is 88.7 cm³/mol. The van der Waals surface area contributed by atoms with Crippen molar-refractivity contribution in [3.63, 3.8) is 0 Å². The third kappa shape index (κ3) is 3.48. The van der Waals surface area contributed by atoms with Crippen molar-refractivity contribution in [2.24, 2.45) is 5.92 Å². The molecule has 2 aliphatic rings. The normalized spacial score (nSPS) is 23.7. The van der Waals surface area contributed by atoms with Gasteiger partial charge in [0.2, 0.25) is 0 Å². The van der Waals surface area contributed by atoms with Crippen LogP contribution in [0.15, 0.2) is 16.6 Å². The molecule has 3 rings (SSSR count).